The molecule has 82 valence electrons. The van der Waals surface area contributed by atoms with Crippen LogP contribution < -0.4 is 0 Å². The third-order valence-corrected chi connectivity index (χ3v) is 3.15. The Morgan fingerprint density at radius 1 is 1.47 bits per heavy atom. The first-order valence-corrected chi connectivity index (χ1v) is 5.50. The lowest BCUT2D eigenvalue weighted by Crippen LogP contribution is -2.28. The average molecular weight is 272 g/mol. The summed E-state index contributed by atoms with van der Waals surface area (Å²) in [6.07, 6.45) is 0. The second kappa shape index (κ2) is 5.28. The first-order chi connectivity index (χ1) is 7.07. The minimum Gasteiger partial charge on any atom is -0.275 e. The number of benzene rings is 1. The molecule has 3 nitrogen and oxygen atoms in total. The first kappa shape index (κ1) is 12.2. The molecule has 15 heavy (non-hydrogen) atoms. The number of nitrogens with zero attached hydrogens (tertiary/aromatic N) is 1. The Kier molecular flexibility index (Phi) is 4.29. The van der Waals surface area contributed by atoms with Crippen LogP contribution >= 0.6 is 15.9 Å². The number of amides is 1. The summed E-state index contributed by atoms with van der Waals surface area (Å²) in [4.78, 5) is 16.3. The molecule has 0 aliphatic heterocycles. The fourth-order valence-electron chi connectivity index (χ4n) is 1.25. The second-order valence-corrected chi connectivity index (χ2v) is 4.15. The summed E-state index contributed by atoms with van der Waals surface area (Å²) < 4.78 is 0. The van der Waals surface area contributed by atoms with E-state index in [4.69, 9.17) is 4.84 Å². The van der Waals surface area contributed by atoms with Crippen LogP contribution in [-0.2, 0) is 9.63 Å². The normalized spacial score (nSPS) is 12.3. The lowest BCUT2D eigenvalue weighted by molar-refractivity contribution is -0.167. The van der Waals surface area contributed by atoms with Gasteiger partial charge in [0.25, 0.3) is 5.91 Å². The van der Waals surface area contributed by atoms with E-state index in [0.29, 0.717) is 0 Å². The van der Waals surface area contributed by atoms with Crippen molar-refractivity contribution in [1.29, 1.82) is 0 Å². The van der Waals surface area contributed by atoms with E-state index in [9.17, 15) is 4.79 Å². The molecule has 0 heterocycles. The van der Waals surface area contributed by atoms with Crippen LogP contribution in [0.15, 0.2) is 24.3 Å². The number of carbonyl (C=O) groups is 1. The molecule has 1 amide bonds. The molecular formula is C11H14BrNO2. The Hall–Kier alpha value is -0.870. The highest BCUT2D eigenvalue weighted by atomic mass is 79.9. The van der Waals surface area contributed by atoms with E-state index in [2.05, 4.69) is 15.9 Å². The zero-order valence-corrected chi connectivity index (χ0v) is 10.6. The summed E-state index contributed by atoms with van der Waals surface area (Å²) in [5, 5.41) is 1.21. The van der Waals surface area contributed by atoms with Crippen molar-refractivity contribution in [3.05, 3.63) is 35.4 Å². The molecule has 0 aromatic heterocycles. The predicted molar refractivity (Wildman–Crippen MR) is 62.6 cm³/mol. The van der Waals surface area contributed by atoms with Gasteiger partial charge in [0.2, 0.25) is 0 Å². The summed E-state index contributed by atoms with van der Waals surface area (Å²) in [7, 11) is 3.06. The summed E-state index contributed by atoms with van der Waals surface area (Å²) in [6, 6.07) is 7.76. The maximum absolute atomic E-state index is 11.8. The van der Waals surface area contributed by atoms with Gasteiger partial charge in [-0.15, -0.1) is 0 Å². The van der Waals surface area contributed by atoms with E-state index in [-0.39, 0.29) is 10.7 Å². The number of alkyl halides is 1. The van der Waals surface area contributed by atoms with Gasteiger partial charge < -0.3 is 0 Å². The summed E-state index contributed by atoms with van der Waals surface area (Å²) in [5.41, 5.74) is 2.05. The second-order valence-electron chi connectivity index (χ2n) is 3.24. The summed E-state index contributed by atoms with van der Waals surface area (Å²) in [5.74, 6) is -0.119. The number of aryl methyl sites for hydroxylation is 1. The van der Waals surface area contributed by atoms with Gasteiger partial charge in [-0.25, -0.2) is 5.06 Å². The molecular weight excluding hydrogens is 258 g/mol. The molecule has 0 aliphatic rings. The van der Waals surface area contributed by atoms with Crippen LogP contribution in [0.3, 0.4) is 0 Å². The van der Waals surface area contributed by atoms with Gasteiger partial charge in [-0.05, 0) is 18.1 Å². The monoisotopic (exact) mass is 271 g/mol. The molecule has 0 saturated heterocycles. The zero-order chi connectivity index (χ0) is 11.4. The summed E-state index contributed by atoms with van der Waals surface area (Å²) >= 11 is 3.37. The maximum Gasteiger partial charge on any atom is 0.264 e. The number of hydrogen-bond acceptors (Lipinski definition) is 2. The molecule has 0 aliphatic carbocycles. The van der Waals surface area contributed by atoms with E-state index >= 15 is 0 Å². The van der Waals surface area contributed by atoms with Gasteiger partial charge in [-0.2, -0.15) is 0 Å². The quantitative estimate of drug-likeness (QED) is 0.625. The molecule has 1 atom stereocenters. The lowest BCUT2D eigenvalue weighted by atomic mass is 10.1. The Morgan fingerprint density at radius 3 is 2.60 bits per heavy atom. The van der Waals surface area contributed by atoms with Crippen LogP contribution in [0, 0.1) is 6.92 Å². The van der Waals surface area contributed by atoms with Crippen LogP contribution in [0.5, 0.6) is 0 Å². The van der Waals surface area contributed by atoms with E-state index in [1.165, 1.54) is 12.2 Å². The van der Waals surface area contributed by atoms with Crippen LogP contribution in [0.1, 0.15) is 16.0 Å². The van der Waals surface area contributed by atoms with E-state index in [0.717, 1.165) is 11.1 Å². The van der Waals surface area contributed by atoms with E-state index in [1.54, 1.807) is 7.05 Å². The van der Waals surface area contributed by atoms with E-state index < -0.39 is 0 Å². The minimum absolute atomic E-state index is 0.119. The molecule has 0 radical (unpaired) electrons. The molecule has 0 bridgehead atoms. The Balaban J connectivity index is 2.90. The van der Waals surface area contributed by atoms with Crippen molar-refractivity contribution >= 4 is 21.8 Å². The number of carbonyl (C=O) groups excluding carboxylic acids is 1. The van der Waals surface area contributed by atoms with Crippen LogP contribution in [0.25, 0.3) is 0 Å². The van der Waals surface area contributed by atoms with Crippen molar-refractivity contribution in [2.75, 3.05) is 14.2 Å². The van der Waals surface area contributed by atoms with Gasteiger partial charge in [-0.3, -0.25) is 9.63 Å². The molecule has 1 aromatic carbocycles. The van der Waals surface area contributed by atoms with Crippen molar-refractivity contribution in [1.82, 2.24) is 5.06 Å². The topological polar surface area (TPSA) is 29.5 Å². The van der Waals surface area contributed by atoms with Gasteiger partial charge in [-0.1, -0.05) is 40.2 Å². The van der Waals surface area contributed by atoms with Gasteiger partial charge in [0, 0.05) is 7.05 Å². The molecule has 1 unspecified atom stereocenters. The zero-order valence-electron chi connectivity index (χ0n) is 9.03. The van der Waals surface area contributed by atoms with Gasteiger partial charge in [0.05, 0.1) is 7.11 Å². The molecule has 1 aromatic rings. The van der Waals surface area contributed by atoms with Crippen LogP contribution in [0.4, 0.5) is 0 Å². The minimum atomic E-state index is -0.358. The maximum atomic E-state index is 11.8. The van der Waals surface area contributed by atoms with Gasteiger partial charge >= 0.3 is 0 Å². The van der Waals surface area contributed by atoms with Crippen LogP contribution in [0.2, 0.25) is 0 Å². The smallest absolute Gasteiger partial charge is 0.264 e. The fraction of sp³-hybridized carbons (Fsp3) is 0.364. The van der Waals surface area contributed by atoms with Crippen molar-refractivity contribution in [2.24, 2.45) is 0 Å². The largest absolute Gasteiger partial charge is 0.275 e. The SMILES string of the molecule is CON(C)C(=O)C(Br)c1ccccc1C. The number of hydrogen-bond donors (Lipinski definition) is 0. The summed E-state index contributed by atoms with van der Waals surface area (Å²) in [6.45, 7) is 1.98. The molecule has 0 fully saturated rings. The highest BCUT2D eigenvalue weighted by molar-refractivity contribution is 9.09. The Bertz CT molecular complexity index is 354. The number of hydroxylamine groups is 2. The fourth-order valence-corrected chi connectivity index (χ4v) is 2.06. The van der Waals surface area contributed by atoms with Crippen molar-refractivity contribution < 1.29 is 9.63 Å². The van der Waals surface area contributed by atoms with E-state index in [1.807, 2.05) is 31.2 Å². The van der Waals surface area contributed by atoms with Crippen molar-refractivity contribution in [3.8, 4) is 0 Å². The van der Waals surface area contributed by atoms with Crippen molar-refractivity contribution in [2.45, 2.75) is 11.8 Å². The Labute approximate surface area is 98.1 Å². The number of halogens is 1. The third kappa shape index (κ3) is 2.79. The molecule has 0 saturated carbocycles. The molecule has 0 spiro atoms. The number of rotatable bonds is 3. The highest BCUT2D eigenvalue weighted by Gasteiger charge is 2.22. The van der Waals surface area contributed by atoms with Crippen LogP contribution in [-0.4, -0.2) is 25.1 Å². The average Bonchev–Trinajstić information content (AvgIpc) is 2.26. The number of likely N-dealkylation sites (N-methyl/N-ethyl adjacent to an activating group) is 1. The highest BCUT2D eigenvalue weighted by Crippen LogP contribution is 2.27. The van der Waals surface area contributed by atoms with Gasteiger partial charge in [0.15, 0.2) is 0 Å². The standard InChI is InChI=1S/C11H14BrNO2/c1-8-6-4-5-7-9(8)10(12)11(14)13(2)15-3/h4-7,10H,1-3H3. The predicted octanol–water partition coefficient (Wildman–Crippen LogP) is 2.45. The third-order valence-electron chi connectivity index (χ3n) is 2.26. The first-order valence-electron chi connectivity index (χ1n) is 4.59. The van der Waals surface area contributed by atoms with Crippen molar-refractivity contribution in [3.63, 3.8) is 0 Å². The van der Waals surface area contributed by atoms with Gasteiger partial charge in [0.1, 0.15) is 4.83 Å². The molecule has 4 heteroatoms. The Morgan fingerprint density at radius 2 is 2.07 bits per heavy atom. The lowest BCUT2D eigenvalue weighted by Gasteiger charge is -2.18. The molecule has 0 N–H and O–H groups in total. The molecule has 1 rings (SSSR count).